The van der Waals surface area contributed by atoms with Crippen LogP contribution in [-0.4, -0.2) is 85.2 Å². The Morgan fingerprint density at radius 2 is 1.93 bits per heavy atom. The molecule has 2 aliphatic rings. The van der Waals surface area contributed by atoms with Crippen molar-refractivity contribution < 1.29 is 47.5 Å². The number of hydrogen-bond acceptors (Lipinski definition) is 11. The minimum Gasteiger partial charge on any atom is -0.490 e. The van der Waals surface area contributed by atoms with Crippen LogP contribution in [-0.2, 0) is 25.6 Å². The van der Waals surface area contributed by atoms with Gasteiger partial charge < -0.3 is 33.6 Å². The zero-order chi connectivity index (χ0) is 28.8. The predicted octanol–water partition coefficient (Wildman–Crippen LogP) is 1.70. The summed E-state index contributed by atoms with van der Waals surface area (Å²) in [7, 11) is 1.18. The second kappa shape index (κ2) is 12.3. The van der Waals surface area contributed by atoms with E-state index >= 15 is 0 Å². The average molecular weight is 559 g/mol. The van der Waals surface area contributed by atoms with Gasteiger partial charge in [0.25, 0.3) is 11.8 Å². The van der Waals surface area contributed by atoms with Gasteiger partial charge in [0.2, 0.25) is 11.5 Å². The van der Waals surface area contributed by atoms with E-state index < -0.39 is 35.1 Å². The lowest BCUT2D eigenvalue weighted by Crippen LogP contribution is -2.43. The molecule has 4 rings (SSSR count). The van der Waals surface area contributed by atoms with Gasteiger partial charge in [0.15, 0.2) is 12.4 Å². The van der Waals surface area contributed by atoms with Crippen molar-refractivity contribution in [1.82, 2.24) is 15.1 Å². The van der Waals surface area contributed by atoms with Crippen molar-refractivity contribution in [2.24, 2.45) is 0 Å². The number of esters is 1. The molecule has 0 bridgehead atoms. The van der Waals surface area contributed by atoms with Crippen molar-refractivity contribution in [3.8, 4) is 11.5 Å². The number of urea groups is 1. The number of methoxy groups -OCH3 is 1. The highest BCUT2D eigenvalue weighted by Gasteiger charge is 2.35. The van der Waals surface area contributed by atoms with Crippen molar-refractivity contribution in [3.63, 3.8) is 0 Å². The Hall–Kier alpha value is -4.92. The summed E-state index contributed by atoms with van der Waals surface area (Å²) < 4.78 is 26.2. The second-order valence-corrected chi connectivity index (χ2v) is 8.48. The maximum Gasteiger partial charge on any atom is 0.373 e. The fourth-order valence-electron chi connectivity index (χ4n) is 3.98. The standard InChI is InChI=1S/C25H26N4O11/c1-3-38-20-12-15(11-18(29(34)35)22(20)39-14-21(30)27-6-8-37-9-7-27)10-17-23(31)28(25(33)26-17)13-16-4-5-19(40-16)24(32)36-2/h4-5,10-12H,3,6-9,13-14H2,1-2H3,(H,26,33)/b17-10-. The van der Waals surface area contributed by atoms with Crippen molar-refractivity contribution in [2.45, 2.75) is 13.5 Å². The number of hydrogen-bond donors (Lipinski definition) is 1. The van der Waals surface area contributed by atoms with Gasteiger partial charge in [0.1, 0.15) is 11.5 Å². The number of morpholine rings is 1. The van der Waals surface area contributed by atoms with Crippen LogP contribution in [0.3, 0.4) is 0 Å². The van der Waals surface area contributed by atoms with Crippen LogP contribution in [0.4, 0.5) is 10.5 Å². The number of nitrogens with one attached hydrogen (secondary N) is 1. The Morgan fingerprint density at radius 3 is 2.60 bits per heavy atom. The number of nitrogens with zero attached hydrogens (tertiary/aromatic N) is 3. The summed E-state index contributed by atoms with van der Waals surface area (Å²) >= 11 is 0. The number of imide groups is 1. The van der Waals surface area contributed by atoms with E-state index in [1.807, 2.05) is 0 Å². The van der Waals surface area contributed by atoms with Crippen LogP contribution in [0.5, 0.6) is 11.5 Å². The van der Waals surface area contributed by atoms with Gasteiger partial charge >= 0.3 is 17.7 Å². The molecule has 0 radical (unpaired) electrons. The Kier molecular flexibility index (Phi) is 8.63. The molecular formula is C25H26N4O11. The van der Waals surface area contributed by atoms with Gasteiger partial charge in [0.05, 0.1) is 38.4 Å². The second-order valence-electron chi connectivity index (χ2n) is 8.48. The van der Waals surface area contributed by atoms with Crippen LogP contribution in [0.1, 0.15) is 28.8 Å². The van der Waals surface area contributed by atoms with Crippen molar-refractivity contribution in [2.75, 3.05) is 46.6 Å². The first-order chi connectivity index (χ1) is 19.2. The number of furan rings is 1. The highest BCUT2D eigenvalue weighted by molar-refractivity contribution is 6.13. The topological polar surface area (TPSA) is 180 Å². The van der Waals surface area contributed by atoms with Crippen molar-refractivity contribution >= 4 is 35.6 Å². The molecule has 2 aromatic rings. The van der Waals surface area contributed by atoms with E-state index in [0.717, 1.165) is 11.0 Å². The Balaban J connectivity index is 1.56. The molecule has 0 aliphatic carbocycles. The first-order valence-corrected chi connectivity index (χ1v) is 12.2. The number of ether oxygens (including phenoxy) is 4. The van der Waals surface area contributed by atoms with Gasteiger partial charge in [-0.1, -0.05) is 0 Å². The van der Waals surface area contributed by atoms with Gasteiger partial charge in [0, 0.05) is 19.2 Å². The van der Waals surface area contributed by atoms with Crippen LogP contribution in [0.15, 0.2) is 34.4 Å². The third-order valence-electron chi connectivity index (χ3n) is 5.89. The fraction of sp³-hybridized carbons (Fsp3) is 0.360. The Labute approximate surface area is 227 Å². The summed E-state index contributed by atoms with van der Waals surface area (Å²) in [6, 6.07) is 4.56. The molecule has 1 N–H and O–H groups in total. The summed E-state index contributed by atoms with van der Waals surface area (Å²) in [4.78, 5) is 63.1. The van der Waals surface area contributed by atoms with E-state index in [1.54, 1.807) is 6.92 Å². The first-order valence-electron chi connectivity index (χ1n) is 12.2. The fourth-order valence-corrected chi connectivity index (χ4v) is 3.98. The third-order valence-corrected chi connectivity index (χ3v) is 5.89. The predicted molar refractivity (Wildman–Crippen MR) is 134 cm³/mol. The summed E-state index contributed by atoms with van der Waals surface area (Å²) in [5.41, 5.74) is -0.483. The highest BCUT2D eigenvalue weighted by Crippen LogP contribution is 2.39. The van der Waals surface area contributed by atoms with E-state index in [4.69, 9.17) is 18.6 Å². The van der Waals surface area contributed by atoms with Crippen molar-refractivity contribution in [3.05, 3.63) is 57.2 Å². The van der Waals surface area contributed by atoms with Gasteiger partial charge in [-0.25, -0.2) is 9.59 Å². The molecule has 1 aromatic heterocycles. The first kappa shape index (κ1) is 28.1. The quantitative estimate of drug-likeness (QED) is 0.147. The minimum absolute atomic E-state index is 0.0159. The molecule has 0 atom stereocenters. The lowest BCUT2D eigenvalue weighted by atomic mass is 10.1. The molecule has 0 spiro atoms. The molecule has 4 amide bonds. The summed E-state index contributed by atoms with van der Waals surface area (Å²) in [5, 5.41) is 14.3. The van der Waals surface area contributed by atoms with E-state index in [0.29, 0.717) is 26.3 Å². The number of nitro benzene ring substituents is 1. The minimum atomic E-state index is -0.756. The third kappa shape index (κ3) is 6.20. The SMILES string of the molecule is CCOc1cc(/C=C2\NC(=O)N(Cc3ccc(C(=O)OC)o3)C2=O)cc([N+](=O)[O-])c1OCC(=O)N1CCOCC1. The van der Waals surface area contributed by atoms with E-state index in [9.17, 15) is 29.3 Å². The van der Waals surface area contributed by atoms with Crippen LogP contribution >= 0.6 is 0 Å². The smallest absolute Gasteiger partial charge is 0.373 e. The average Bonchev–Trinajstić information content (AvgIpc) is 3.52. The van der Waals surface area contributed by atoms with Crippen molar-refractivity contribution in [1.29, 1.82) is 0 Å². The maximum absolute atomic E-state index is 12.9. The molecule has 2 saturated heterocycles. The van der Waals surface area contributed by atoms with E-state index in [1.165, 1.54) is 36.3 Å². The molecule has 2 fully saturated rings. The molecule has 0 saturated carbocycles. The van der Waals surface area contributed by atoms with Crippen LogP contribution in [0.25, 0.3) is 6.08 Å². The maximum atomic E-state index is 12.9. The van der Waals surface area contributed by atoms with E-state index in [2.05, 4.69) is 10.1 Å². The lowest BCUT2D eigenvalue weighted by Gasteiger charge is -2.26. The monoisotopic (exact) mass is 558 g/mol. The van der Waals surface area contributed by atoms with Crippen LogP contribution in [0, 0.1) is 10.1 Å². The number of amides is 4. The van der Waals surface area contributed by atoms with Gasteiger partial charge in [-0.05, 0) is 36.8 Å². The largest absolute Gasteiger partial charge is 0.490 e. The number of rotatable bonds is 10. The van der Waals surface area contributed by atoms with Crippen LogP contribution < -0.4 is 14.8 Å². The molecule has 2 aliphatic heterocycles. The molecule has 15 nitrogen and oxygen atoms in total. The highest BCUT2D eigenvalue weighted by atomic mass is 16.6. The lowest BCUT2D eigenvalue weighted by molar-refractivity contribution is -0.385. The molecule has 0 unspecified atom stereocenters. The molecule has 1 aromatic carbocycles. The van der Waals surface area contributed by atoms with Gasteiger partial charge in [-0.2, -0.15) is 0 Å². The van der Waals surface area contributed by atoms with Crippen LogP contribution in [0.2, 0.25) is 0 Å². The molecule has 212 valence electrons. The number of benzene rings is 1. The zero-order valence-corrected chi connectivity index (χ0v) is 21.7. The molecule has 40 heavy (non-hydrogen) atoms. The normalized spacial score (nSPS) is 16.2. The molecular weight excluding hydrogens is 532 g/mol. The zero-order valence-electron chi connectivity index (χ0n) is 21.7. The van der Waals surface area contributed by atoms with E-state index in [-0.39, 0.29) is 53.3 Å². The number of carbonyl (C=O) groups is 4. The van der Waals surface area contributed by atoms with Gasteiger partial charge in [-0.3, -0.25) is 24.6 Å². The molecule has 3 heterocycles. The number of nitro groups is 1. The summed E-state index contributed by atoms with van der Waals surface area (Å²) in [6.45, 7) is 2.63. The summed E-state index contributed by atoms with van der Waals surface area (Å²) in [5.74, 6) is -1.98. The van der Waals surface area contributed by atoms with Gasteiger partial charge in [-0.15, -0.1) is 0 Å². The number of carbonyl (C=O) groups excluding carboxylic acids is 4. The Morgan fingerprint density at radius 1 is 1.18 bits per heavy atom. The Bertz CT molecular complexity index is 1360. The summed E-state index contributed by atoms with van der Waals surface area (Å²) in [6.07, 6.45) is 1.25. The molecule has 15 heteroatoms.